The smallest absolute Gasteiger partial charge is 0.246 e. The highest BCUT2D eigenvalue weighted by molar-refractivity contribution is 5.92. The van der Waals surface area contributed by atoms with E-state index in [2.05, 4.69) is 9.97 Å². The van der Waals surface area contributed by atoms with E-state index in [-0.39, 0.29) is 18.8 Å². The summed E-state index contributed by atoms with van der Waals surface area (Å²) in [5.74, 6) is 1.94. The molecule has 2 aliphatic rings. The van der Waals surface area contributed by atoms with Gasteiger partial charge in [-0.2, -0.15) is 0 Å². The summed E-state index contributed by atoms with van der Waals surface area (Å²) >= 11 is 0. The Balaban J connectivity index is 1.36. The molecule has 3 heterocycles. The summed E-state index contributed by atoms with van der Waals surface area (Å²) < 4.78 is 16.5. The third kappa shape index (κ3) is 3.77. The Morgan fingerprint density at radius 3 is 3.08 bits per heavy atom. The highest BCUT2D eigenvalue weighted by atomic mass is 16.7. The van der Waals surface area contributed by atoms with Crippen LogP contribution in [0.25, 0.3) is 6.08 Å². The van der Waals surface area contributed by atoms with Crippen LogP contribution in [0.15, 0.2) is 42.9 Å². The third-order valence-electron chi connectivity index (χ3n) is 4.35. The van der Waals surface area contributed by atoms with Crippen molar-refractivity contribution in [3.8, 4) is 17.4 Å². The number of benzene rings is 1. The van der Waals surface area contributed by atoms with Crippen LogP contribution >= 0.6 is 0 Å². The standard InChI is InChI=1S/C19H19N3O4/c23-19(6-4-14-3-5-16-17(10-14)25-13-24-16)22-9-1-2-15(11-22)26-18-7-8-20-12-21-18/h3-8,10,12,15H,1-2,9,11,13H2/b6-4+. The van der Waals surface area contributed by atoms with Crippen LogP contribution in [0.5, 0.6) is 17.4 Å². The molecule has 26 heavy (non-hydrogen) atoms. The molecule has 7 nitrogen and oxygen atoms in total. The van der Waals surface area contributed by atoms with E-state index in [4.69, 9.17) is 14.2 Å². The number of amides is 1. The molecule has 1 atom stereocenters. The monoisotopic (exact) mass is 353 g/mol. The van der Waals surface area contributed by atoms with Gasteiger partial charge in [-0.25, -0.2) is 9.97 Å². The van der Waals surface area contributed by atoms with E-state index in [0.29, 0.717) is 18.2 Å². The van der Waals surface area contributed by atoms with Crippen molar-refractivity contribution in [3.05, 3.63) is 48.4 Å². The summed E-state index contributed by atoms with van der Waals surface area (Å²) in [6, 6.07) is 7.33. The van der Waals surface area contributed by atoms with Crippen LogP contribution in [0.4, 0.5) is 0 Å². The minimum Gasteiger partial charge on any atom is -0.472 e. The lowest BCUT2D eigenvalue weighted by atomic mass is 10.1. The molecule has 1 amide bonds. The van der Waals surface area contributed by atoms with Crippen LogP contribution in [-0.4, -0.2) is 46.8 Å². The molecular weight excluding hydrogens is 334 g/mol. The van der Waals surface area contributed by atoms with E-state index in [9.17, 15) is 4.79 Å². The van der Waals surface area contributed by atoms with Crippen LogP contribution in [0, 0.1) is 0 Å². The van der Waals surface area contributed by atoms with Crippen molar-refractivity contribution in [2.24, 2.45) is 0 Å². The first kappa shape index (κ1) is 16.4. The fourth-order valence-electron chi connectivity index (χ4n) is 3.04. The fourth-order valence-corrected chi connectivity index (χ4v) is 3.04. The quantitative estimate of drug-likeness (QED) is 0.785. The molecule has 0 aliphatic carbocycles. The van der Waals surface area contributed by atoms with Crippen LogP contribution in [0.2, 0.25) is 0 Å². The number of likely N-dealkylation sites (tertiary alicyclic amines) is 1. The minimum absolute atomic E-state index is 0.0290. The van der Waals surface area contributed by atoms with Gasteiger partial charge in [0.15, 0.2) is 11.5 Å². The number of hydrogen-bond acceptors (Lipinski definition) is 6. The lowest BCUT2D eigenvalue weighted by molar-refractivity contribution is -0.128. The van der Waals surface area contributed by atoms with Gasteiger partial charge in [0.05, 0.1) is 6.54 Å². The maximum Gasteiger partial charge on any atom is 0.246 e. The second-order valence-electron chi connectivity index (χ2n) is 6.16. The molecule has 1 unspecified atom stereocenters. The molecule has 0 saturated carbocycles. The van der Waals surface area contributed by atoms with E-state index in [1.165, 1.54) is 6.33 Å². The van der Waals surface area contributed by atoms with E-state index >= 15 is 0 Å². The van der Waals surface area contributed by atoms with Gasteiger partial charge in [-0.05, 0) is 36.6 Å². The summed E-state index contributed by atoms with van der Waals surface area (Å²) in [5.41, 5.74) is 0.897. The van der Waals surface area contributed by atoms with E-state index in [0.717, 1.165) is 30.7 Å². The van der Waals surface area contributed by atoms with E-state index in [1.54, 1.807) is 29.3 Å². The van der Waals surface area contributed by atoms with Crippen molar-refractivity contribution in [1.82, 2.24) is 14.9 Å². The van der Waals surface area contributed by atoms with E-state index in [1.807, 2.05) is 18.2 Å². The van der Waals surface area contributed by atoms with Crippen LogP contribution < -0.4 is 14.2 Å². The molecule has 134 valence electrons. The van der Waals surface area contributed by atoms with Gasteiger partial charge in [-0.1, -0.05) is 6.07 Å². The molecule has 2 aromatic rings. The van der Waals surface area contributed by atoms with Gasteiger partial charge in [-0.3, -0.25) is 4.79 Å². The first-order valence-electron chi connectivity index (χ1n) is 8.57. The Kier molecular flexibility index (Phi) is 4.68. The maximum absolute atomic E-state index is 12.5. The summed E-state index contributed by atoms with van der Waals surface area (Å²) in [7, 11) is 0. The Morgan fingerprint density at radius 1 is 1.27 bits per heavy atom. The molecule has 1 fully saturated rings. The first-order valence-corrected chi connectivity index (χ1v) is 8.57. The van der Waals surface area contributed by atoms with E-state index < -0.39 is 0 Å². The van der Waals surface area contributed by atoms with Gasteiger partial charge in [0.1, 0.15) is 12.4 Å². The van der Waals surface area contributed by atoms with Crippen LogP contribution in [0.1, 0.15) is 18.4 Å². The van der Waals surface area contributed by atoms with Gasteiger partial charge in [0, 0.05) is 24.9 Å². The van der Waals surface area contributed by atoms with Crippen molar-refractivity contribution in [2.45, 2.75) is 18.9 Å². The first-order chi connectivity index (χ1) is 12.8. The second kappa shape index (κ2) is 7.43. The zero-order valence-electron chi connectivity index (χ0n) is 14.2. The normalized spacial score (nSPS) is 18.9. The molecule has 7 heteroatoms. The largest absolute Gasteiger partial charge is 0.472 e. The van der Waals surface area contributed by atoms with Crippen LogP contribution in [0.3, 0.4) is 0 Å². The molecule has 0 bridgehead atoms. The van der Waals surface area contributed by atoms with Crippen molar-refractivity contribution >= 4 is 12.0 Å². The maximum atomic E-state index is 12.5. The fraction of sp³-hybridized carbons (Fsp3) is 0.316. The summed E-state index contributed by atoms with van der Waals surface area (Å²) in [5, 5.41) is 0. The minimum atomic E-state index is -0.0541. The molecule has 1 saturated heterocycles. The second-order valence-corrected chi connectivity index (χ2v) is 6.16. The number of aromatic nitrogens is 2. The summed E-state index contributed by atoms with van der Waals surface area (Å²) in [6.07, 6.45) is 8.22. The van der Waals surface area contributed by atoms with Crippen LogP contribution in [-0.2, 0) is 4.79 Å². The number of ether oxygens (including phenoxy) is 3. The van der Waals surface area contributed by atoms with Crippen molar-refractivity contribution < 1.29 is 19.0 Å². The highest BCUT2D eigenvalue weighted by Crippen LogP contribution is 2.32. The van der Waals surface area contributed by atoms with Gasteiger partial charge >= 0.3 is 0 Å². The molecule has 4 rings (SSSR count). The van der Waals surface area contributed by atoms with Gasteiger partial charge < -0.3 is 19.1 Å². The highest BCUT2D eigenvalue weighted by Gasteiger charge is 2.24. The molecular formula is C19H19N3O4. The molecule has 0 spiro atoms. The molecule has 1 aromatic heterocycles. The van der Waals surface area contributed by atoms with Crippen molar-refractivity contribution in [1.29, 1.82) is 0 Å². The number of carbonyl (C=O) groups excluding carboxylic acids is 1. The number of nitrogens with zero attached hydrogens (tertiary/aromatic N) is 3. The number of rotatable bonds is 4. The summed E-state index contributed by atoms with van der Waals surface area (Å²) in [6.45, 7) is 1.52. The predicted octanol–water partition coefficient (Wildman–Crippen LogP) is 2.29. The average molecular weight is 353 g/mol. The molecule has 0 radical (unpaired) electrons. The third-order valence-corrected chi connectivity index (χ3v) is 4.35. The van der Waals surface area contributed by atoms with Gasteiger partial charge in [0.2, 0.25) is 18.6 Å². The number of fused-ring (bicyclic) bond motifs is 1. The number of piperidine rings is 1. The number of hydrogen-bond donors (Lipinski definition) is 0. The Morgan fingerprint density at radius 2 is 2.19 bits per heavy atom. The van der Waals surface area contributed by atoms with Crippen molar-refractivity contribution in [2.75, 3.05) is 19.9 Å². The Hall–Kier alpha value is -3.09. The average Bonchev–Trinajstić information content (AvgIpc) is 3.15. The van der Waals surface area contributed by atoms with Crippen molar-refractivity contribution in [3.63, 3.8) is 0 Å². The SMILES string of the molecule is O=C(/C=C/c1ccc2c(c1)OCO2)N1CCCC(Oc2ccncn2)C1. The molecule has 0 N–H and O–H groups in total. The number of carbonyl (C=O) groups is 1. The lowest BCUT2D eigenvalue weighted by Gasteiger charge is -2.31. The zero-order valence-corrected chi connectivity index (χ0v) is 14.2. The predicted molar refractivity (Wildman–Crippen MR) is 93.9 cm³/mol. The Bertz CT molecular complexity index is 810. The Labute approximate surface area is 151 Å². The summed E-state index contributed by atoms with van der Waals surface area (Å²) in [4.78, 5) is 22.3. The molecule has 2 aliphatic heterocycles. The topological polar surface area (TPSA) is 73.8 Å². The van der Waals surface area contributed by atoms with Gasteiger partial charge in [0.25, 0.3) is 0 Å². The zero-order chi connectivity index (χ0) is 17.8. The van der Waals surface area contributed by atoms with Gasteiger partial charge in [-0.15, -0.1) is 0 Å². The molecule has 1 aromatic carbocycles. The lowest BCUT2D eigenvalue weighted by Crippen LogP contribution is -2.43.